The average Bonchev–Trinajstić information content (AvgIpc) is 3.51. The first-order valence-electron chi connectivity index (χ1n) is 11.4. The van der Waals surface area contributed by atoms with E-state index in [1.165, 1.54) is 0 Å². The molecule has 0 bridgehead atoms. The molecule has 3 heterocycles. The zero-order chi connectivity index (χ0) is 24.6. The maximum atomic E-state index is 12.6. The third-order valence-corrected chi connectivity index (χ3v) is 6.02. The zero-order valence-corrected chi connectivity index (χ0v) is 20.0. The lowest BCUT2D eigenvalue weighted by molar-refractivity contribution is 0.102. The van der Waals surface area contributed by atoms with Gasteiger partial charge in [0.2, 0.25) is 0 Å². The highest BCUT2D eigenvalue weighted by molar-refractivity contribution is 6.33. The van der Waals surface area contributed by atoms with Crippen molar-refractivity contribution in [1.29, 1.82) is 0 Å². The van der Waals surface area contributed by atoms with Crippen LogP contribution in [0.5, 0.6) is 0 Å². The van der Waals surface area contributed by atoms with Gasteiger partial charge >= 0.3 is 0 Å². The minimum Gasteiger partial charge on any atom is -0.398 e. The summed E-state index contributed by atoms with van der Waals surface area (Å²) >= 11 is 5.58. The minimum absolute atomic E-state index is 0.182. The summed E-state index contributed by atoms with van der Waals surface area (Å²) in [5, 5.41) is 15.4. The quantitative estimate of drug-likeness (QED) is 0.313. The number of rotatable bonds is 5. The lowest BCUT2D eigenvalue weighted by Crippen LogP contribution is -2.29. The Morgan fingerprint density at radius 1 is 1.06 bits per heavy atom. The fourth-order valence-electron chi connectivity index (χ4n) is 3.80. The molecule has 0 radical (unpaired) electrons. The molecule has 0 aliphatic carbocycles. The molecule has 10 heteroatoms. The number of halogens is 1. The van der Waals surface area contributed by atoms with E-state index in [1.807, 2.05) is 35.1 Å². The fourth-order valence-corrected chi connectivity index (χ4v) is 3.94. The van der Waals surface area contributed by atoms with E-state index in [4.69, 9.17) is 23.1 Å². The van der Waals surface area contributed by atoms with Crippen LogP contribution in [-0.4, -0.2) is 38.6 Å². The Hall–Kier alpha value is -3.82. The van der Waals surface area contributed by atoms with Gasteiger partial charge in [-0.1, -0.05) is 29.8 Å². The molecule has 0 atom stereocenters. The van der Waals surface area contributed by atoms with Crippen molar-refractivity contribution < 1.29 is 4.79 Å². The van der Waals surface area contributed by atoms with Gasteiger partial charge < -0.3 is 22.1 Å². The summed E-state index contributed by atoms with van der Waals surface area (Å²) in [6, 6.07) is 14.5. The number of piperidine rings is 1. The molecule has 1 aliphatic heterocycles. The van der Waals surface area contributed by atoms with Gasteiger partial charge in [-0.05, 0) is 62.2 Å². The maximum Gasteiger partial charge on any atom is 0.255 e. The normalized spacial score (nSPS) is 13.6. The summed E-state index contributed by atoms with van der Waals surface area (Å²) in [4.78, 5) is 12.6. The molecule has 5 rings (SSSR count). The Labute approximate surface area is 209 Å². The second-order valence-corrected chi connectivity index (χ2v) is 8.80. The van der Waals surface area contributed by atoms with E-state index in [-0.39, 0.29) is 5.91 Å². The predicted molar refractivity (Wildman–Crippen MR) is 140 cm³/mol. The molecule has 1 saturated heterocycles. The Bertz CT molecular complexity index is 1240. The number of anilines is 3. The highest BCUT2D eigenvalue weighted by atomic mass is 35.5. The van der Waals surface area contributed by atoms with Gasteiger partial charge in [-0.3, -0.25) is 9.48 Å². The third-order valence-electron chi connectivity index (χ3n) is 5.68. The monoisotopic (exact) mass is 492 g/mol. The van der Waals surface area contributed by atoms with Gasteiger partial charge in [-0.2, -0.15) is 10.2 Å². The van der Waals surface area contributed by atoms with E-state index >= 15 is 0 Å². The molecule has 4 aromatic rings. The fraction of sp³-hybridized carbons (Fsp3) is 0.240. The van der Waals surface area contributed by atoms with Crippen molar-refractivity contribution in [2.75, 3.05) is 29.9 Å². The van der Waals surface area contributed by atoms with E-state index in [2.05, 4.69) is 20.8 Å². The number of carbonyl (C=O) groups is 1. The number of nitrogens with zero attached hydrogens (tertiary/aromatic N) is 4. The molecule has 1 aliphatic rings. The summed E-state index contributed by atoms with van der Waals surface area (Å²) in [6.07, 6.45) is 9.18. The summed E-state index contributed by atoms with van der Waals surface area (Å²) in [5.41, 5.74) is 14.3. The van der Waals surface area contributed by atoms with Crippen LogP contribution >= 0.6 is 11.6 Å². The number of amides is 1. The second kappa shape index (κ2) is 11.5. The molecule has 182 valence electrons. The van der Waals surface area contributed by atoms with Crippen molar-refractivity contribution in [2.24, 2.45) is 5.92 Å². The van der Waals surface area contributed by atoms with E-state index in [0.29, 0.717) is 33.6 Å². The van der Waals surface area contributed by atoms with E-state index in [0.717, 1.165) is 38.2 Å². The summed E-state index contributed by atoms with van der Waals surface area (Å²) in [7, 11) is 0. The molecular formula is C25H29ClN8O. The van der Waals surface area contributed by atoms with Crippen molar-refractivity contribution in [1.82, 2.24) is 24.9 Å². The van der Waals surface area contributed by atoms with Crippen LogP contribution in [0.25, 0.3) is 5.69 Å². The van der Waals surface area contributed by atoms with Crippen molar-refractivity contribution in [2.45, 2.75) is 19.4 Å². The first kappa shape index (κ1) is 24.3. The van der Waals surface area contributed by atoms with Gasteiger partial charge in [0.15, 0.2) is 0 Å². The van der Waals surface area contributed by atoms with Crippen LogP contribution in [0.3, 0.4) is 0 Å². The largest absolute Gasteiger partial charge is 0.398 e. The smallest absolute Gasteiger partial charge is 0.255 e. The summed E-state index contributed by atoms with van der Waals surface area (Å²) in [6.45, 7) is 3.01. The van der Waals surface area contributed by atoms with Gasteiger partial charge in [0.1, 0.15) is 0 Å². The first-order valence-corrected chi connectivity index (χ1v) is 11.8. The number of para-hydroxylation sites is 1. The number of nitrogen functional groups attached to an aromatic ring is 2. The van der Waals surface area contributed by atoms with Crippen LogP contribution in [0.15, 0.2) is 73.3 Å². The summed E-state index contributed by atoms with van der Waals surface area (Å²) < 4.78 is 3.55. The Morgan fingerprint density at radius 2 is 1.86 bits per heavy atom. The van der Waals surface area contributed by atoms with Gasteiger partial charge in [-0.15, -0.1) is 0 Å². The van der Waals surface area contributed by atoms with Crippen LogP contribution in [-0.2, 0) is 6.54 Å². The second-order valence-electron chi connectivity index (χ2n) is 8.39. The number of nitrogens with one attached hydrogen (secondary N) is 2. The highest BCUT2D eigenvalue weighted by Crippen LogP contribution is 2.17. The van der Waals surface area contributed by atoms with Crippen molar-refractivity contribution in [3.8, 4) is 5.69 Å². The van der Waals surface area contributed by atoms with E-state index in [1.54, 1.807) is 47.5 Å². The number of benzene rings is 2. The van der Waals surface area contributed by atoms with Crippen molar-refractivity contribution in [3.05, 3.63) is 83.9 Å². The third kappa shape index (κ3) is 6.84. The molecule has 6 N–H and O–H groups in total. The number of nitrogens with two attached hydrogens (primary N) is 2. The molecular weight excluding hydrogens is 464 g/mol. The number of hydrogen-bond donors (Lipinski definition) is 4. The average molecular weight is 493 g/mol. The number of carbonyl (C=O) groups excluding carboxylic acids is 1. The lowest BCUT2D eigenvalue weighted by Gasteiger charge is -2.22. The molecule has 1 fully saturated rings. The number of aromatic nitrogens is 4. The van der Waals surface area contributed by atoms with Gasteiger partial charge in [0.25, 0.3) is 5.91 Å². The highest BCUT2D eigenvalue weighted by Gasteiger charge is 2.15. The van der Waals surface area contributed by atoms with Crippen molar-refractivity contribution in [3.63, 3.8) is 0 Å². The molecule has 2 aromatic heterocycles. The Morgan fingerprint density at radius 3 is 2.54 bits per heavy atom. The first-order chi connectivity index (χ1) is 17.0. The van der Waals surface area contributed by atoms with E-state index in [9.17, 15) is 4.79 Å². The van der Waals surface area contributed by atoms with Crippen LogP contribution in [0, 0.1) is 5.92 Å². The van der Waals surface area contributed by atoms with Crippen molar-refractivity contribution >= 4 is 34.6 Å². The zero-order valence-electron chi connectivity index (χ0n) is 19.3. The van der Waals surface area contributed by atoms with Gasteiger partial charge in [0.05, 0.1) is 46.4 Å². The molecule has 35 heavy (non-hydrogen) atoms. The van der Waals surface area contributed by atoms with Crippen LogP contribution in [0.2, 0.25) is 5.02 Å². The van der Waals surface area contributed by atoms with Crippen LogP contribution < -0.4 is 22.1 Å². The SMILES string of the molecule is Nc1ccccc1Cl.Nc1cnn(-c2cccc(C(=O)Nc3cnn(CC4CCNCC4)c3)c2)c1. The Balaban J connectivity index is 0.000000308. The van der Waals surface area contributed by atoms with E-state index < -0.39 is 0 Å². The maximum absolute atomic E-state index is 12.6. The van der Waals surface area contributed by atoms with Crippen LogP contribution in [0.4, 0.5) is 17.1 Å². The number of hydrogen-bond acceptors (Lipinski definition) is 6. The lowest BCUT2D eigenvalue weighted by atomic mass is 9.98. The molecule has 2 aromatic carbocycles. The molecule has 0 saturated carbocycles. The summed E-state index contributed by atoms with van der Waals surface area (Å²) in [5.74, 6) is 0.450. The molecule has 9 nitrogen and oxygen atoms in total. The van der Waals surface area contributed by atoms with Gasteiger partial charge in [-0.25, -0.2) is 4.68 Å². The van der Waals surface area contributed by atoms with Gasteiger partial charge in [0, 0.05) is 18.3 Å². The molecule has 0 unspecified atom stereocenters. The molecule has 1 amide bonds. The standard InChI is InChI=1S/C19H23N7O.C6H6ClN/c20-16-9-23-26(12-16)18-3-1-2-15(8-18)19(27)24-17-10-22-25(13-17)11-14-4-6-21-7-5-14;7-5-3-1-2-4-6(5)8/h1-3,8-10,12-14,21H,4-7,11,20H2,(H,24,27);1-4H,8H2. The topological polar surface area (TPSA) is 129 Å². The Kier molecular flexibility index (Phi) is 8.02. The van der Waals surface area contributed by atoms with Crippen LogP contribution in [0.1, 0.15) is 23.2 Å². The predicted octanol–water partition coefficient (Wildman–Crippen LogP) is 3.83. The minimum atomic E-state index is -0.182. The molecule has 0 spiro atoms.